The minimum atomic E-state index is -1.94. The van der Waals surface area contributed by atoms with Gasteiger partial charge in [-0.05, 0) is 33.9 Å². The molecule has 0 bridgehead atoms. The van der Waals surface area contributed by atoms with Gasteiger partial charge in [-0.15, -0.1) is 12.6 Å². The second kappa shape index (κ2) is 7.24. The zero-order chi connectivity index (χ0) is 18.9. The first kappa shape index (κ1) is 20.2. The fourth-order valence-corrected chi connectivity index (χ4v) is 4.66. The van der Waals surface area contributed by atoms with Gasteiger partial charge in [0.25, 0.3) is 0 Å². The molecular formula is C15H18BrN3O5S. The van der Waals surface area contributed by atoms with Crippen LogP contribution >= 0.6 is 28.6 Å². The van der Waals surface area contributed by atoms with Crippen LogP contribution in [-0.4, -0.2) is 51.4 Å². The smallest absolute Gasteiger partial charge is 0.178 e. The van der Waals surface area contributed by atoms with Crippen molar-refractivity contribution in [3.05, 3.63) is 46.3 Å². The molecule has 1 aliphatic heterocycles. The van der Waals surface area contributed by atoms with Crippen LogP contribution in [0.15, 0.2) is 35.4 Å². The van der Waals surface area contributed by atoms with Crippen molar-refractivity contribution >= 4 is 34.3 Å². The first-order valence-corrected chi connectivity index (χ1v) is 8.59. The lowest BCUT2D eigenvalue weighted by Gasteiger charge is -2.58. The summed E-state index contributed by atoms with van der Waals surface area (Å²) in [5.74, 6) is -0.558. The normalized spacial score (nSPS) is 38.0. The summed E-state index contributed by atoms with van der Waals surface area (Å²) in [6, 6.07) is 8.23. The highest BCUT2D eigenvalue weighted by Gasteiger charge is 2.72. The quantitative estimate of drug-likeness (QED) is 0.216. The van der Waals surface area contributed by atoms with Gasteiger partial charge in [-0.3, -0.25) is 4.79 Å². The Hall–Kier alpha value is -1.13. The number of ether oxygens (including phenoxy) is 2. The molecule has 8 nitrogen and oxygen atoms in total. The molecule has 1 fully saturated rings. The zero-order valence-electron chi connectivity index (χ0n) is 13.5. The number of carbonyl (C=O) groups excluding carboxylic acids is 1. The molecule has 1 aromatic rings. The maximum absolute atomic E-state index is 12.6. The molecule has 1 saturated heterocycles. The number of aliphatic hydroxyl groups is 2. The fraction of sp³-hybridized carbons (Fsp3) is 0.533. The largest absolute Gasteiger partial charge is 0.392 e. The summed E-state index contributed by atoms with van der Waals surface area (Å²) < 4.78 is 9.36. The minimum Gasteiger partial charge on any atom is -0.392 e. The summed E-state index contributed by atoms with van der Waals surface area (Å²) in [4.78, 5) is 15.5. The zero-order valence-corrected chi connectivity index (χ0v) is 16.0. The van der Waals surface area contributed by atoms with Crippen LogP contribution in [0.2, 0.25) is 0 Å². The third kappa shape index (κ3) is 2.69. The Balaban J connectivity index is 2.96. The Bertz CT molecular complexity index is 704. The number of rotatable bonds is 5. The Morgan fingerprint density at radius 2 is 2.12 bits per heavy atom. The number of alkyl halides is 1. The van der Waals surface area contributed by atoms with Gasteiger partial charge in [0.1, 0.15) is 17.1 Å². The average molecular weight is 432 g/mol. The molecule has 1 heterocycles. The Labute approximate surface area is 158 Å². The van der Waals surface area contributed by atoms with Crippen LogP contribution in [0.5, 0.6) is 0 Å². The number of Topliss-reactive ketones (excluding diaryl/α,β-unsaturated/α-hetero) is 1. The Morgan fingerprint density at radius 1 is 1.52 bits per heavy atom. The monoisotopic (exact) mass is 431 g/mol. The van der Waals surface area contributed by atoms with Crippen molar-refractivity contribution in [3.8, 4) is 0 Å². The van der Waals surface area contributed by atoms with E-state index < -0.39 is 39.6 Å². The third-order valence-electron chi connectivity index (χ3n) is 4.50. The number of carbonyl (C=O) groups is 1. The van der Waals surface area contributed by atoms with Gasteiger partial charge in [-0.2, -0.15) is 0 Å². The summed E-state index contributed by atoms with van der Waals surface area (Å²) in [6.07, 6.45) is -1.67. The van der Waals surface area contributed by atoms with E-state index in [-0.39, 0.29) is 0 Å². The Morgan fingerprint density at radius 3 is 2.56 bits per heavy atom. The van der Waals surface area contributed by atoms with Crippen LogP contribution in [0.1, 0.15) is 12.5 Å². The molecular weight excluding hydrogens is 414 g/mol. The SMILES string of the molecule is CO[C@@]1(C(C)=O)[C@@H](S)O[C@](Br)(CO)[C@H](O)C1(N=[N+]=[N-])c1ccccc1. The second-order valence-corrected chi connectivity index (χ2v) is 7.45. The topological polar surface area (TPSA) is 125 Å². The van der Waals surface area contributed by atoms with Crippen molar-refractivity contribution in [1.29, 1.82) is 0 Å². The van der Waals surface area contributed by atoms with E-state index in [1.165, 1.54) is 14.0 Å². The van der Waals surface area contributed by atoms with Gasteiger partial charge in [0.2, 0.25) is 0 Å². The fourth-order valence-electron chi connectivity index (χ4n) is 3.32. The van der Waals surface area contributed by atoms with Gasteiger partial charge in [-0.25, -0.2) is 0 Å². The van der Waals surface area contributed by atoms with Crippen molar-refractivity contribution in [2.75, 3.05) is 13.7 Å². The lowest BCUT2D eigenvalue weighted by Crippen LogP contribution is -2.76. The van der Waals surface area contributed by atoms with E-state index in [4.69, 9.17) is 9.47 Å². The van der Waals surface area contributed by atoms with Gasteiger partial charge in [0.15, 0.2) is 15.9 Å². The van der Waals surface area contributed by atoms with Crippen LogP contribution in [-0.2, 0) is 19.8 Å². The van der Waals surface area contributed by atoms with Crippen LogP contribution in [0.25, 0.3) is 10.4 Å². The lowest BCUT2D eigenvalue weighted by molar-refractivity contribution is -0.251. The van der Waals surface area contributed by atoms with E-state index in [1.54, 1.807) is 30.3 Å². The van der Waals surface area contributed by atoms with Crippen molar-refractivity contribution in [3.63, 3.8) is 0 Å². The molecule has 0 saturated carbocycles. The van der Waals surface area contributed by atoms with Gasteiger partial charge in [0, 0.05) is 12.0 Å². The molecule has 1 aliphatic rings. The highest BCUT2D eigenvalue weighted by atomic mass is 79.9. The molecule has 0 aromatic heterocycles. The van der Waals surface area contributed by atoms with E-state index in [0.29, 0.717) is 5.56 Å². The van der Waals surface area contributed by atoms with E-state index in [9.17, 15) is 20.5 Å². The molecule has 1 aromatic carbocycles. The van der Waals surface area contributed by atoms with Gasteiger partial charge >= 0.3 is 0 Å². The summed E-state index contributed by atoms with van der Waals surface area (Å²) in [7, 11) is 1.24. The molecule has 5 atom stereocenters. The predicted molar refractivity (Wildman–Crippen MR) is 96.3 cm³/mol. The first-order chi connectivity index (χ1) is 11.8. The first-order valence-electron chi connectivity index (χ1n) is 7.28. The van der Waals surface area contributed by atoms with E-state index in [2.05, 4.69) is 38.6 Å². The van der Waals surface area contributed by atoms with E-state index in [1.807, 2.05) is 0 Å². The lowest BCUT2D eigenvalue weighted by atomic mass is 9.66. The van der Waals surface area contributed by atoms with Crippen LogP contribution in [0, 0.1) is 0 Å². The number of hydrogen-bond donors (Lipinski definition) is 3. The van der Waals surface area contributed by atoms with Crippen molar-refractivity contribution < 1.29 is 24.5 Å². The molecule has 0 amide bonds. The molecule has 2 N–H and O–H groups in total. The summed E-state index contributed by atoms with van der Waals surface area (Å²) in [5, 5.41) is 24.7. The second-order valence-electron chi connectivity index (χ2n) is 5.63. The van der Waals surface area contributed by atoms with Gasteiger partial charge in [-0.1, -0.05) is 35.4 Å². The molecule has 2 rings (SSSR count). The van der Waals surface area contributed by atoms with Gasteiger partial charge < -0.3 is 19.7 Å². The van der Waals surface area contributed by atoms with Crippen LogP contribution < -0.4 is 0 Å². The summed E-state index contributed by atoms with van der Waals surface area (Å²) >= 11 is 7.47. The van der Waals surface area contributed by atoms with Crippen LogP contribution in [0.3, 0.4) is 0 Å². The Kier molecular flexibility index (Phi) is 5.85. The van der Waals surface area contributed by atoms with Gasteiger partial charge in [0.05, 0.1) is 6.61 Å². The maximum atomic E-state index is 12.6. The maximum Gasteiger partial charge on any atom is 0.178 e. The number of ketones is 1. The predicted octanol–water partition coefficient (Wildman–Crippen LogP) is 1.90. The van der Waals surface area contributed by atoms with E-state index >= 15 is 0 Å². The number of thiol groups is 1. The molecule has 0 radical (unpaired) electrons. The van der Waals surface area contributed by atoms with Crippen molar-refractivity contribution in [2.24, 2.45) is 5.11 Å². The number of halogens is 1. The molecule has 0 spiro atoms. The highest BCUT2D eigenvalue weighted by molar-refractivity contribution is 9.10. The number of nitrogens with zero attached hydrogens (tertiary/aromatic N) is 3. The number of hydrogen-bond acceptors (Lipinski definition) is 7. The number of aliphatic hydroxyl groups excluding tert-OH is 2. The third-order valence-corrected chi connectivity index (χ3v) is 5.84. The van der Waals surface area contributed by atoms with E-state index in [0.717, 1.165) is 0 Å². The molecule has 25 heavy (non-hydrogen) atoms. The number of benzene rings is 1. The minimum absolute atomic E-state index is 0.317. The average Bonchev–Trinajstić information content (AvgIpc) is 2.60. The number of azide groups is 1. The standard InChI is InChI=1S/C15H18BrN3O5S/c1-9(21)15(23-2)12(25)24-13(16,8-20)11(22)14(15,18-19-17)10-6-4-3-5-7-10/h3-7,11-12,20,22,25H,8H2,1-2H3/t11-,12+,13+,14?,15-/m0/s1. The molecule has 1 unspecified atom stereocenters. The van der Waals surface area contributed by atoms with Crippen molar-refractivity contribution in [1.82, 2.24) is 0 Å². The summed E-state index contributed by atoms with van der Waals surface area (Å²) in [6.45, 7) is 0.562. The van der Waals surface area contributed by atoms with Crippen molar-refractivity contribution in [2.45, 2.75) is 34.1 Å². The molecule has 10 heteroatoms. The number of methoxy groups -OCH3 is 1. The van der Waals surface area contributed by atoms with Crippen LogP contribution in [0.4, 0.5) is 0 Å². The highest BCUT2D eigenvalue weighted by Crippen LogP contribution is 2.55. The molecule has 0 aliphatic carbocycles. The summed E-state index contributed by atoms with van der Waals surface area (Å²) in [5.41, 5.74) is 4.42. The molecule has 136 valence electrons.